The molecule has 2 heterocycles. The van der Waals surface area contributed by atoms with Gasteiger partial charge in [0.05, 0.1) is 29.8 Å². The van der Waals surface area contributed by atoms with Crippen LogP contribution in [0.15, 0.2) is 28.3 Å². The van der Waals surface area contributed by atoms with Crippen molar-refractivity contribution in [2.75, 3.05) is 20.5 Å². The number of rotatable bonds is 4. The molecule has 0 spiro atoms. The second kappa shape index (κ2) is 7.23. The van der Waals surface area contributed by atoms with Crippen LogP contribution in [0.1, 0.15) is 0 Å². The van der Waals surface area contributed by atoms with Gasteiger partial charge >= 0.3 is 0 Å². The van der Waals surface area contributed by atoms with Crippen LogP contribution in [0.3, 0.4) is 0 Å². The van der Waals surface area contributed by atoms with Crippen molar-refractivity contribution < 1.29 is 17.9 Å². The van der Waals surface area contributed by atoms with E-state index in [1.54, 1.807) is 0 Å². The maximum atomic E-state index is 13.0. The summed E-state index contributed by atoms with van der Waals surface area (Å²) in [6, 6.07) is 3.01. The number of pyridine rings is 1. The number of fused-ring (bicyclic) bond motifs is 1. The molecule has 0 radical (unpaired) electrons. The highest BCUT2D eigenvalue weighted by atomic mass is 35.5. The van der Waals surface area contributed by atoms with Gasteiger partial charge in [0.2, 0.25) is 15.0 Å². The van der Waals surface area contributed by atoms with E-state index in [0.717, 1.165) is 6.26 Å². The molecule has 2 aromatic heterocycles. The first kappa shape index (κ1) is 20.4. The normalized spacial score (nSPS) is 11.6. The Morgan fingerprint density at radius 2 is 1.64 bits per heavy atom. The van der Waals surface area contributed by atoms with E-state index in [0.29, 0.717) is 5.39 Å². The van der Waals surface area contributed by atoms with Gasteiger partial charge in [-0.05, 0) is 6.07 Å². The van der Waals surface area contributed by atoms with Crippen LogP contribution < -0.4 is 15.0 Å². The van der Waals surface area contributed by atoms with Crippen molar-refractivity contribution in [2.24, 2.45) is 7.05 Å². The van der Waals surface area contributed by atoms with Gasteiger partial charge in [0.25, 0.3) is 5.56 Å². The van der Waals surface area contributed by atoms with Gasteiger partial charge in [0.1, 0.15) is 17.1 Å². The minimum Gasteiger partial charge on any atom is -0.495 e. The van der Waals surface area contributed by atoms with Crippen molar-refractivity contribution in [1.82, 2.24) is 14.5 Å². The first-order valence-electron chi connectivity index (χ1n) is 7.77. The zero-order chi connectivity index (χ0) is 20.8. The summed E-state index contributed by atoms with van der Waals surface area (Å²) in [5.74, 6) is 0.562. The molecular weight excluding hydrogens is 429 g/mol. The molecule has 0 saturated carbocycles. The standard InChI is InChI=1S/C17H15Cl2N3O5S/c1-22-15-8(7-20-17(21-15)28(4,24)25)5-9(16(22)23)12-13(18)10(26-2)6-11(27-3)14(12)19/h5-7H,1-4H3. The maximum Gasteiger partial charge on any atom is 0.259 e. The second-order valence-electron chi connectivity index (χ2n) is 5.91. The van der Waals surface area contributed by atoms with Gasteiger partial charge in [0.15, 0.2) is 0 Å². The minimum atomic E-state index is -3.63. The summed E-state index contributed by atoms with van der Waals surface area (Å²) in [5, 5.41) is 0.331. The van der Waals surface area contributed by atoms with Gasteiger partial charge < -0.3 is 9.47 Å². The van der Waals surface area contributed by atoms with E-state index in [1.807, 2.05) is 0 Å². The monoisotopic (exact) mass is 443 g/mol. The Labute approximate surface area is 170 Å². The zero-order valence-corrected chi connectivity index (χ0v) is 17.6. The third kappa shape index (κ3) is 3.30. The predicted molar refractivity (Wildman–Crippen MR) is 106 cm³/mol. The van der Waals surface area contributed by atoms with E-state index in [1.165, 1.54) is 44.2 Å². The number of ether oxygens (including phenoxy) is 2. The van der Waals surface area contributed by atoms with Crippen molar-refractivity contribution in [2.45, 2.75) is 5.16 Å². The predicted octanol–water partition coefficient (Wildman–Crippen LogP) is 2.72. The first-order chi connectivity index (χ1) is 13.1. The molecule has 0 saturated heterocycles. The number of hydrogen-bond acceptors (Lipinski definition) is 7. The Morgan fingerprint density at radius 3 is 2.14 bits per heavy atom. The molecular formula is C17H15Cl2N3O5S. The highest BCUT2D eigenvalue weighted by molar-refractivity contribution is 7.90. The molecule has 0 aliphatic carbocycles. The third-order valence-electron chi connectivity index (χ3n) is 4.10. The van der Waals surface area contributed by atoms with E-state index in [2.05, 4.69) is 9.97 Å². The number of halogens is 2. The molecule has 148 valence electrons. The smallest absolute Gasteiger partial charge is 0.259 e. The van der Waals surface area contributed by atoms with Gasteiger partial charge in [-0.25, -0.2) is 13.4 Å². The second-order valence-corrected chi connectivity index (χ2v) is 8.58. The zero-order valence-electron chi connectivity index (χ0n) is 15.3. The summed E-state index contributed by atoms with van der Waals surface area (Å²) in [6.45, 7) is 0. The van der Waals surface area contributed by atoms with Gasteiger partial charge in [-0.2, -0.15) is 4.98 Å². The average molecular weight is 444 g/mol. The quantitative estimate of drug-likeness (QED) is 0.571. The fourth-order valence-electron chi connectivity index (χ4n) is 2.71. The fraction of sp³-hybridized carbons (Fsp3) is 0.235. The molecule has 0 N–H and O–H groups in total. The van der Waals surface area contributed by atoms with Crippen molar-refractivity contribution >= 4 is 44.1 Å². The Bertz CT molecular complexity index is 1240. The lowest BCUT2D eigenvalue weighted by molar-refractivity contribution is 0.395. The average Bonchev–Trinajstić information content (AvgIpc) is 2.65. The number of aromatic nitrogens is 3. The molecule has 8 nitrogen and oxygen atoms in total. The largest absolute Gasteiger partial charge is 0.495 e. The number of benzene rings is 1. The third-order valence-corrected chi connectivity index (χ3v) is 5.71. The molecule has 1 aromatic carbocycles. The summed E-state index contributed by atoms with van der Waals surface area (Å²) in [7, 11) is 0.690. The summed E-state index contributed by atoms with van der Waals surface area (Å²) < 4.78 is 35.1. The SMILES string of the molecule is COc1cc(OC)c(Cl)c(-c2cc3cnc(S(C)(=O)=O)nc3n(C)c2=O)c1Cl. The van der Waals surface area contributed by atoms with Gasteiger partial charge in [-0.15, -0.1) is 0 Å². The van der Waals surface area contributed by atoms with Crippen LogP contribution in [-0.2, 0) is 16.9 Å². The van der Waals surface area contributed by atoms with E-state index < -0.39 is 15.4 Å². The molecule has 28 heavy (non-hydrogen) atoms. The lowest BCUT2D eigenvalue weighted by atomic mass is 10.0. The molecule has 0 bridgehead atoms. The first-order valence-corrected chi connectivity index (χ1v) is 10.4. The van der Waals surface area contributed by atoms with Crippen LogP contribution in [0.2, 0.25) is 10.0 Å². The van der Waals surface area contributed by atoms with E-state index in [9.17, 15) is 13.2 Å². The van der Waals surface area contributed by atoms with Crippen LogP contribution in [0.5, 0.6) is 11.5 Å². The minimum absolute atomic E-state index is 0.137. The molecule has 0 unspecified atom stereocenters. The number of aryl methyl sites for hydroxylation is 1. The van der Waals surface area contributed by atoms with Crippen molar-refractivity contribution in [1.29, 1.82) is 0 Å². The van der Waals surface area contributed by atoms with Crippen LogP contribution in [0.25, 0.3) is 22.2 Å². The summed E-state index contributed by atoms with van der Waals surface area (Å²) >= 11 is 12.8. The Hall–Kier alpha value is -2.36. The topological polar surface area (TPSA) is 100 Å². The Balaban J connectivity index is 2.41. The van der Waals surface area contributed by atoms with Crippen LogP contribution in [-0.4, -0.2) is 43.4 Å². The molecule has 3 aromatic rings. The lowest BCUT2D eigenvalue weighted by Gasteiger charge is -2.15. The Kier molecular flexibility index (Phi) is 5.26. The highest BCUT2D eigenvalue weighted by Gasteiger charge is 2.23. The number of hydrogen-bond donors (Lipinski definition) is 0. The van der Waals surface area contributed by atoms with Crippen molar-refractivity contribution in [3.05, 3.63) is 38.7 Å². The van der Waals surface area contributed by atoms with Crippen LogP contribution >= 0.6 is 23.2 Å². The maximum absolute atomic E-state index is 13.0. The summed E-state index contributed by atoms with van der Waals surface area (Å²) in [4.78, 5) is 20.9. The molecule has 0 fully saturated rings. The highest BCUT2D eigenvalue weighted by Crippen LogP contribution is 2.45. The number of methoxy groups -OCH3 is 2. The number of nitrogens with zero attached hydrogens (tertiary/aromatic N) is 3. The van der Waals surface area contributed by atoms with Crippen molar-refractivity contribution in [3.8, 4) is 22.6 Å². The molecule has 3 rings (SSSR count). The number of sulfone groups is 1. The molecule has 0 atom stereocenters. The summed E-state index contributed by atoms with van der Waals surface area (Å²) in [6.07, 6.45) is 2.31. The molecule has 0 aliphatic heterocycles. The lowest BCUT2D eigenvalue weighted by Crippen LogP contribution is -2.21. The van der Waals surface area contributed by atoms with Gasteiger partial charge in [0, 0.05) is 36.5 Å². The van der Waals surface area contributed by atoms with Crippen LogP contribution in [0.4, 0.5) is 0 Å². The van der Waals surface area contributed by atoms with E-state index >= 15 is 0 Å². The molecule has 0 amide bonds. The van der Waals surface area contributed by atoms with Gasteiger partial charge in [-0.3, -0.25) is 9.36 Å². The summed E-state index contributed by atoms with van der Waals surface area (Å²) in [5.41, 5.74) is 0.0724. The van der Waals surface area contributed by atoms with E-state index in [-0.39, 0.29) is 43.5 Å². The van der Waals surface area contributed by atoms with Crippen molar-refractivity contribution in [3.63, 3.8) is 0 Å². The fourth-order valence-corrected chi connectivity index (χ4v) is 3.91. The Morgan fingerprint density at radius 1 is 1.07 bits per heavy atom. The van der Waals surface area contributed by atoms with E-state index in [4.69, 9.17) is 32.7 Å². The molecule has 11 heteroatoms. The van der Waals surface area contributed by atoms with Crippen LogP contribution in [0, 0.1) is 0 Å². The van der Waals surface area contributed by atoms with Gasteiger partial charge in [-0.1, -0.05) is 23.2 Å². The molecule has 0 aliphatic rings.